The van der Waals surface area contributed by atoms with Gasteiger partial charge in [0.2, 0.25) is 0 Å². The molecule has 0 heterocycles. The Bertz CT molecular complexity index is 335. The molecule has 0 aromatic heterocycles. The Morgan fingerprint density at radius 3 is 2.75 bits per heavy atom. The van der Waals surface area contributed by atoms with Gasteiger partial charge in [0.15, 0.2) is 0 Å². The van der Waals surface area contributed by atoms with Gasteiger partial charge in [0.25, 0.3) is 0 Å². The van der Waals surface area contributed by atoms with Crippen LogP contribution in [-0.4, -0.2) is 12.0 Å². The molecule has 0 saturated carbocycles. The smallest absolute Gasteiger partial charge is 0.312 e. The molecule has 1 N–H and O–H groups in total. The first-order valence-corrected chi connectivity index (χ1v) is 5.38. The third-order valence-electron chi connectivity index (χ3n) is 2.27. The van der Waals surface area contributed by atoms with Crippen molar-refractivity contribution in [3.63, 3.8) is 0 Å². The van der Waals surface area contributed by atoms with Crippen molar-refractivity contribution in [2.24, 2.45) is 0 Å². The number of anilines is 1. The zero-order chi connectivity index (χ0) is 11.8. The topological polar surface area (TPSA) is 38.3 Å². The molecule has 3 nitrogen and oxygen atoms in total. The molecule has 1 unspecified atom stereocenters. The van der Waals surface area contributed by atoms with Crippen molar-refractivity contribution in [2.45, 2.75) is 25.8 Å². The summed E-state index contributed by atoms with van der Waals surface area (Å²) in [7, 11) is 0. The van der Waals surface area contributed by atoms with Gasteiger partial charge in [0, 0.05) is 11.7 Å². The number of carbonyl (C=O) groups excluding carboxylic acids is 1. The van der Waals surface area contributed by atoms with Crippen LogP contribution in [0, 0.1) is 0 Å². The zero-order valence-corrected chi connectivity index (χ0v) is 9.48. The van der Waals surface area contributed by atoms with E-state index in [0.717, 1.165) is 18.4 Å². The standard InChI is InChI=1S/C13H17NO2/c1-3-11(10-13(15)16-4-2)14-12-8-6-5-7-9-12/h4-9,11,14H,2-3,10H2,1H3. The maximum absolute atomic E-state index is 11.3. The van der Waals surface area contributed by atoms with Gasteiger partial charge >= 0.3 is 5.97 Å². The van der Waals surface area contributed by atoms with Crippen LogP contribution in [0.2, 0.25) is 0 Å². The predicted octanol–water partition coefficient (Wildman–Crippen LogP) is 2.95. The molecule has 1 aromatic carbocycles. The Labute approximate surface area is 96.1 Å². The van der Waals surface area contributed by atoms with Crippen LogP contribution in [0.1, 0.15) is 19.8 Å². The molecule has 0 amide bonds. The number of hydrogen-bond acceptors (Lipinski definition) is 3. The van der Waals surface area contributed by atoms with Gasteiger partial charge in [-0.15, -0.1) is 0 Å². The average Bonchev–Trinajstić information content (AvgIpc) is 2.30. The first-order valence-electron chi connectivity index (χ1n) is 5.38. The van der Waals surface area contributed by atoms with E-state index < -0.39 is 0 Å². The van der Waals surface area contributed by atoms with E-state index in [-0.39, 0.29) is 12.0 Å². The largest absolute Gasteiger partial charge is 0.435 e. The molecule has 0 radical (unpaired) electrons. The number of hydrogen-bond donors (Lipinski definition) is 1. The highest BCUT2D eigenvalue weighted by Gasteiger charge is 2.12. The molecule has 16 heavy (non-hydrogen) atoms. The molecule has 1 rings (SSSR count). The van der Waals surface area contributed by atoms with E-state index in [1.54, 1.807) is 0 Å². The van der Waals surface area contributed by atoms with Gasteiger partial charge in [-0.25, -0.2) is 0 Å². The summed E-state index contributed by atoms with van der Waals surface area (Å²) in [6, 6.07) is 9.91. The third kappa shape index (κ3) is 4.17. The highest BCUT2D eigenvalue weighted by molar-refractivity contribution is 5.71. The van der Waals surface area contributed by atoms with Crippen molar-refractivity contribution in [2.75, 3.05) is 5.32 Å². The third-order valence-corrected chi connectivity index (χ3v) is 2.27. The Hall–Kier alpha value is -1.77. The van der Waals surface area contributed by atoms with Gasteiger partial charge < -0.3 is 10.1 Å². The summed E-state index contributed by atoms with van der Waals surface area (Å²) in [6.45, 7) is 5.38. The van der Waals surface area contributed by atoms with Gasteiger partial charge in [0.05, 0.1) is 12.7 Å². The minimum absolute atomic E-state index is 0.0925. The van der Waals surface area contributed by atoms with Crippen molar-refractivity contribution >= 4 is 11.7 Å². The minimum Gasteiger partial charge on any atom is -0.435 e. The fourth-order valence-electron chi connectivity index (χ4n) is 1.41. The molecule has 3 heteroatoms. The number of carbonyl (C=O) groups is 1. The number of nitrogens with one attached hydrogen (secondary N) is 1. The van der Waals surface area contributed by atoms with Crippen molar-refractivity contribution in [3.05, 3.63) is 43.2 Å². The average molecular weight is 219 g/mol. The first kappa shape index (κ1) is 12.3. The summed E-state index contributed by atoms with van der Waals surface area (Å²) >= 11 is 0. The lowest BCUT2D eigenvalue weighted by molar-refractivity contribution is -0.138. The van der Waals surface area contributed by atoms with Crippen molar-refractivity contribution in [3.8, 4) is 0 Å². The number of ether oxygens (including phenoxy) is 1. The SMILES string of the molecule is C=COC(=O)CC(CC)Nc1ccccc1. The fourth-order valence-corrected chi connectivity index (χ4v) is 1.41. The Kier molecular flexibility index (Phi) is 5.12. The van der Waals surface area contributed by atoms with Crippen LogP contribution in [0.3, 0.4) is 0 Å². The van der Waals surface area contributed by atoms with Crippen LogP contribution in [0.4, 0.5) is 5.69 Å². The molecular formula is C13H17NO2. The zero-order valence-electron chi connectivity index (χ0n) is 9.48. The second-order valence-electron chi connectivity index (χ2n) is 3.48. The van der Waals surface area contributed by atoms with Crippen molar-refractivity contribution in [1.29, 1.82) is 0 Å². The van der Waals surface area contributed by atoms with Crippen LogP contribution in [0.25, 0.3) is 0 Å². The molecule has 0 bridgehead atoms. The number of rotatable bonds is 6. The molecule has 0 aliphatic heterocycles. The Morgan fingerprint density at radius 1 is 1.50 bits per heavy atom. The summed E-state index contributed by atoms with van der Waals surface area (Å²) in [6.07, 6.45) is 2.37. The predicted molar refractivity (Wildman–Crippen MR) is 65.0 cm³/mol. The molecule has 0 saturated heterocycles. The molecule has 0 aliphatic rings. The normalized spacial score (nSPS) is 11.6. The summed E-state index contributed by atoms with van der Waals surface area (Å²) < 4.78 is 4.70. The molecule has 86 valence electrons. The fraction of sp³-hybridized carbons (Fsp3) is 0.308. The highest BCUT2D eigenvalue weighted by Crippen LogP contribution is 2.11. The molecule has 0 fully saturated rings. The van der Waals surface area contributed by atoms with E-state index in [4.69, 9.17) is 4.74 Å². The minimum atomic E-state index is -0.259. The Morgan fingerprint density at radius 2 is 2.19 bits per heavy atom. The van der Waals surface area contributed by atoms with Gasteiger partial charge in [-0.1, -0.05) is 31.7 Å². The van der Waals surface area contributed by atoms with Gasteiger partial charge in [-0.3, -0.25) is 4.79 Å². The maximum Gasteiger partial charge on any atom is 0.312 e. The molecular weight excluding hydrogens is 202 g/mol. The van der Waals surface area contributed by atoms with Crippen LogP contribution in [0.5, 0.6) is 0 Å². The lowest BCUT2D eigenvalue weighted by Gasteiger charge is -2.16. The quantitative estimate of drug-likeness (QED) is 0.590. The van der Waals surface area contributed by atoms with Gasteiger partial charge in [-0.05, 0) is 18.6 Å². The number of benzene rings is 1. The molecule has 1 atom stereocenters. The van der Waals surface area contributed by atoms with E-state index in [9.17, 15) is 4.79 Å². The molecule has 0 aliphatic carbocycles. The van der Waals surface area contributed by atoms with Crippen molar-refractivity contribution in [1.82, 2.24) is 0 Å². The number of esters is 1. The van der Waals surface area contributed by atoms with E-state index in [1.807, 2.05) is 37.3 Å². The second kappa shape index (κ2) is 6.67. The molecule has 1 aromatic rings. The summed E-state index contributed by atoms with van der Waals surface area (Å²) in [4.78, 5) is 11.3. The summed E-state index contributed by atoms with van der Waals surface area (Å²) in [5, 5.41) is 3.28. The van der Waals surface area contributed by atoms with Gasteiger partial charge in [0.1, 0.15) is 0 Å². The summed E-state index contributed by atoms with van der Waals surface area (Å²) in [5.41, 5.74) is 1.01. The van der Waals surface area contributed by atoms with E-state index in [2.05, 4.69) is 11.9 Å². The van der Waals surface area contributed by atoms with E-state index in [0.29, 0.717) is 6.42 Å². The van der Waals surface area contributed by atoms with Gasteiger partial charge in [-0.2, -0.15) is 0 Å². The van der Waals surface area contributed by atoms with Crippen LogP contribution < -0.4 is 5.32 Å². The highest BCUT2D eigenvalue weighted by atomic mass is 16.5. The van der Waals surface area contributed by atoms with E-state index in [1.165, 1.54) is 0 Å². The van der Waals surface area contributed by atoms with Crippen LogP contribution in [0.15, 0.2) is 43.2 Å². The second-order valence-corrected chi connectivity index (χ2v) is 3.48. The van der Waals surface area contributed by atoms with Crippen molar-refractivity contribution < 1.29 is 9.53 Å². The van der Waals surface area contributed by atoms with Crippen LogP contribution in [-0.2, 0) is 9.53 Å². The molecule has 0 spiro atoms. The lowest BCUT2D eigenvalue weighted by atomic mass is 10.1. The number of para-hydroxylation sites is 1. The summed E-state index contributed by atoms with van der Waals surface area (Å²) in [5.74, 6) is -0.259. The van der Waals surface area contributed by atoms with Crippen LogP contribution >= 0.6 is 0 Å². The maximum atomic E-state index is 11.3. The van der Waals surface area contributed by atoms with E-state index >= 15 is 0 Å². The lowest BCUT2D eigenvalue weighted by Crippen LogP contribution is -2.22. The Balaban J connectivity index is 2.49. The monoisotopic (exact) mass is 219 g/mol. The first-order chi connectivity index (χ1) is 7.76.